The average molecular weight is 645 g/mol. The van der Waals surface area contributed by atoms with Crippen LogP contribution in [0.15, 0.2) is 71.6 Å². The zero-order chi connectivity index (χ0) is 31.1. The fourth-order valence-electron chi connectivity index (χ4n) is 5.42. The van der Waals surface area contributed by atoms with E-state index >= 15 is 0 Å². The molecule has 1 N–H and O–H groups in total. The third kappa shape index (κ3) is 8.11. The highest BCUT2D eigenvalue weighted by Gasteiger charge is 2.34. The maximum Gasteiger partial charge on any atom is 0.264 e. The minimum absolute atomic E-state index is 0.00247. The van der Waals surface area contributed by atoms with E-state index in [1.165, 1.54) is 29.2 Å². The van der Waals surface area contributed by atoms with Crippen molar-refractivity contribution in [3.63, 3.8) is 0 Å². The number of nitrogens with one attached hydrogen (secondary N) is 1. The summed E-state index contributed by atoms with van der Waals surface area (Å²) in [6.45, 7) is 5.22. The van der Waals surface area contributed by atoms with Crippen LogP contribution < -0.4 is 9.62 Å². The number of amides is 2. The second-order valence-corrected chi connectivity index (χ2v) is 13.8. The van der Waals surface area contributed by atoms with Gasteiger partial charge in [-0.3, -0.25) is 13.9 Å². The monoisotopic (exact) mass is 643 g/mol. The molecule has 2 amide bonds. The van der Waals surface area contributed by atoms with Crippen LogP contribution in [0, 0.1) is 13.8 Å². The van der Waals surface area contributed by atoms with Crippen LogP contribution in [0.3, 0.4) is 0 Å². The molecule has 0 unspecified atom stereocenters. The topological polar surface area (TPSA) is 86.8 Å². The first-order valence-corrected chi connectivity index (χ1v) is 16.9. The van der Waals surface area contributed by atoms with Gasteiger partial charge in [-0.2, -0.15) is 0 Å². The number of carbonyl (C=O) groups is 2. The van der Waals surface area contributed by atoms with Crippen LogP contribution in [-0.4, -0.2) is 43.8 Å². The van der Waals surface area contributed by atoms with E-state index < -0.39 is 28.5 Å². The molecule has 0 aliphatic heterocycles. The molecule has 0 radical (unpaired) electrons. The predicted octanol–water partition coefficient (Wildman–Crippen LogP) is 7.06. The van der Waals surface area contributed by atoms with E-state index in [9.17, 15) is 18.0 Å². The summed E-state index contributed by atoms with van der Waals surface area (Å²) in [5, 5.41) is 4.01. The molecule has 1 atom stereocenters. The molecule has 3 aromatic rings. The predicted molar refractivity (Wildman–Crippen MR) is 173 cm³/mol. The Morgan fingerprint density at radius 2 is 1.60 bits per heavy atom. The van der Waals surface area contributed by atoms with Crippen molar-refractivity contribution in [3.05, 3.63) is 93.5 Å². The van der Waals surface area contributed by atoms with Gasteiger partial charge in [-0.15, -0.1) is 0 Å². The highest BCUT2D eigenvalue weighted by atomic mass is 35.5. The number of halogens is 2. The molecule has 1 aliphatic rings. The zero-order valence-corrected chi connectivity index (χ0v) is 27.2. The van der Waals surface area contributed by atoms with E-state index in [1.54, 1.807) is 30.3 Å². The lowest BCUT2D eigenvalue weighted by atomic mass is 9.95. The van der Waals surface area contributed by atoms with Crippen LogP contribution >= 0.6 is 23.2 Å². The van der Waals surface area contributed by atoms with Crippen molar-refractivity contribution in [1.82, 2.24) is 10.2 Å². The summed E-state index contributed by atoms with van der Waals surface area (Å²) in [4.78, 5) is 29.4. The lowest BCUT2D eigenvalue weighted by Crippen LogP contribution is -2.54. The minimum atomic E-state index is -4.18. The van der Waals surface area contributed by atoms with Gasteiger partial charge >= 0.3 is 0 Å². The minimum Gasteiger partial charge on any atom is -0.352 e. The van der Waals surface area contributed by atoms with Crippen molar-refractivity contribution >= 4 is 50.7 Å². The van der Waals surface area contributed by atoms with Crippen molar-refractivity contribution in [1.29, 1.82) is 0 Å². The Hall–Kier alpha value is -3.07. The highest BCUT2D eigenvalue weighted by Crippen LogP contribution is 2.28. The van der Waals surface area contributed by atoms with Gasteiger partial charge in [0.25, 0.3) is 10.0 Å². The van der Waals surface area contributed by atoms with E-state index in [1.807, 2.05) is 32.9 Å². The summed E-state index contributed by atoms with van der Waals surface area (Å²) in [5.74, 6) is -0.755. The van der Waals surface area contributed by atoms with Crippen LogP contribution in [0.5, 0.6) is 0 Å². The Labute approximate surface area is 265 Å². The molecular weight excluding hydrogens is 605 g/mol. The van der Waals surface area contributed by atoms with E-state index in [0.29, 0.717) is 27.7 Å². The Balaban J connectivity index is 1.73. The maximum absolute atomic E-state index is 14.3. The van der Waals surface area contributed by atoms with Gasteiger partial charge in [-0.25, -0.2) is 8.42 Å². The normalized spacial score (nSPS) is 14.6. The number of benzene rings is 3. The standard InChI is InChI=1S/C33H39Cl2N3O4S/c1-4-31(33(40)36-27-11-6-5-7-12-27)37(21-25-10-8-9-13-30(25)35)32(39)22-38(28-17-14-23(2)24(3)20-28)43(41,42)29-18-15-26(34)16-19-29/h8-10,13-20,27,31H,4-7,11-12,21-22H2,1-3H3,(H,36,40)/t31-/m1/s1. The molecule has 3 aromatic carbocycles. The first kappa shape index (κ1) is 32.8. The van der Waals surface area contributed by atoms with Crippen LogP contribution in [0.1, 0.15) is 62.1 Å². The lowest BCUT2D eigenvalue weighted by Gasteiger charge is -2.34. The number of hydrogen-bond donors (Lipinski definition) is 1. The quantitative estimate of drug-likeness (QED) is 0.242. The molecule has 43 heavy (non-hydrogen) atoms. The number of anilines is 1. The average Bonchev–Trinajstić information content (AvgIpc) is 2.98. The third-order valence-corrected chi connectivity index (χ3v) is 10.5. The van der Waals surface area contributed by atoms with E-state index in [4.69, 9.17) is 23.2 Å². The first-order chi connectivity index (χ1) is 20.5. The van der Waals surface area contributed by atoms with Crippen molar-refractivity contribution in [2.45, 2.75) is 82.8 Å². The van der Waals surface area contributed by atoms with Crippen molar-refractivity contribution in [3.8, 4) is 0 Å². The van der Waals surface area contributed by atoms with Gasteiger partial charge in [0.2, 0.25) is 11.8 Å². The fourth-order valence-corrected chi connectivity index (χ4v) is 7.14. The SMILES string of the molecule is CC[C@H](C(=O)NC1CCCCC1)N(Cc1ccccc1Cl)C(=O)CN(c1ccc(C)c(C)c1)S(=O)(=O)c1ccc(Cl)cc1. The van der Waals surface area contributed by atoms with Crippen molar-refractivity contribution in [2.75, 3.05) is 10.8 Å². The Kier molecular flexibility index (Phi) is 11.2. The van der Waals surface area contributed by atoms with Crippen LogP contribution in [0.25, 0.3) is 0 Å². The summed E-state index contributed by atoms with van der Waals surface area (Å²) in [6.07, 6.45) is 5.41. The fraction of sp³-hybridized carbons (Fsp3) is 0.394. The van der Waals surface area contributed by atoms with Crippen LogP contribution in [0.4, 0.5) is 5.69 Å². The molecule has 0 aromatic heterocycles. The summed E-state index contributed by atoms with van der Waals surface area (Å²) in [5.41, 5.74) is 2.89. The molecule has 10 heteroatoms. The summed E-state index contributed by atoms with van der Waals surface area (Å²) >= 11 is 12.5. The van der Waals surface area contributed by atoms with Crippen molar-refractivity contribution in [2.24, 2.45) is 0 Å². The first-order valence-electron chi connectivity index (χ1n) is 14.7. The lowest BCUT2D eigenvalue weighted by molar-refractivity contribution is -0.140. The molecule has 1 fully saturated rings. The molecule has 0 bridgehead atoms. The molecule has 0 heterocycles. The number of aryl methyl sites for hydroxylation is 2. The Morgan fingerprint density at radius 1 is 0.930 bits per heavy atom. The van der Waals surface area contributed by atoms with Gasteiger partial charge in [0.1, 0.15) is 12.6 Å². The second kappa shape index (κ2) is 14.6. The van der Waals surface area contributed by atoms with Gasteiger partial charge in [-0.1, -0.05) is 73.7 Å². The maximum atomic E-state index is 14.3. The number of carbonyl (C=O) groups excluding carboxylic acids is 2. The van der Waals surface area contributed by atoms with Gasteiger partial charge in [-0.05, 0) is 92.3 Å². The van der Waals surface area contributed by atoms with E-state index in [2.05, 4.69) is 5.32 Å². The number of rotatable bonds is 11. The highest BCUT2D eigenvalue weighted by molar-refractivity contribution is 7.92. The molecular formula is C33H39Cl2N3O4S. The molecule has 0 spiro atoms. The number of nitrogens with zero attached hydrogens (tertiary/aromatic N) is 2. The van der Waals surface area contributed by atoms with Gasteiger partial charge in [0, 0.05) is 22.6 Å². The summed E-state index contributed by atoms with van der Waals surface area (Å²) < 4.78 is 29.2. The van der Waals surface area contributed by atoms with Crippen LogP contribution in [-0.2, 0) is 26.2 Å². The summed E-state index contributed by atoms with van der Waals surface area (Å²) in [7, 11) is -4.18. The smallest absolute Gasteiger partial charge is 0.264 e. The van der Waals surface area contributed by atoms with E-state index in [-0.39, 0.29) is 23.4 Å². The third-order valence-electron chi connectivity index (χ3n) is 8.09. The number of sulfonamides is 1. The zero-order valence-electron chi connectivity index (χ0n) is 24.9. The Bertz CT molecular complexity index is 1540. The molecule has 230 valence electrons. The Morgan fingerprint density at radius 3 is 2.23 bits per heavy atom. The number of hydrogen-bond acceptors (Lipinski definition) is 4. The second-order valence-electron chi connectivity index (χ2n) is 11.1. The van der Waals surface area contributed by atoms with Gasteiger partial charge in [0.05, 0.1) is 10.6 Å². The largest absolute Gasteiger partial charge is 0.352 e. The van der Waals surface area contributed by atoms with Gasteiger partial charge < -0.3 is 10.2 Å². The van der Waals surface area contributed by atoms with E-state index in [0.717, 1.165) is 47.5 Å². The summed E-state index contributed by atoms with van der Waals surface area (Å²) in [6, 6.07) is 17.5. The molecule has 4 rings (SSSR count). The van der Waals surface area contributed by atoms with Gasteiger partial charge in [0.15, 0.2) is 0 Å². The molecule has 0 saturated heterocycles. The molecule has 7 nitrogen and oxygen atoms in total. The van der Waals surface area contributed by atoms with Crippen LogP contribution in [0.2, 0.25) is 10.0 Å². The van der Waals surface area contributed by atoms with Crippen molar-refractivity contribution < 1.29 is 18.0 Å². The molecule has 1 aliphatic carbocycles. The molecule has 1 saturated carbocycles.